The molecule has 1 saturated carbocycles. The molecule has 0 atom stereocenters. The number of rotatable bonds is 1. The summed E-state index contributed by atoms with van der Waals surface area (Å²) < 4.78 is 5.30. The zero-order chi connectivity index (χ0) is 6.54. The van der Waals surface area contributed by atoms with E-state index in [9.17, 15) is 4.79 Å². The van der Waals surface area contributed by atoms with Crippen LogP contribution in [0.25, 0.3) is 0 Å². The van der Waals surface area contributed by atoms with E-state index in [1.165, 1.54) is 0 Å². The van der Waals surface area contributed by atoms with Gasteiger partial charge in [-0.1, -0.05) is 6.92 Å². The van der Waals surface area contributed by atoms with Crippen LogP contribution in [0.2, 0.25) is 0 Å². The van der Waals surface area contributed by atoms with Crippen LogP contribution in [-0.2, 0) is 9.53 Å². The Kier molecular flexibility index (Phi) is 0.730. The molecular formula is C7H10O2. The Balaban J connectivity index is 2.21. The maximum absolute atomic E-state index is 10.4. The van der Waals surface area contributed by atoms with E-state index in [4.69, 9.17) is 4.74 Å². The first-order chi connectivity index (χ1) is 4.18. The summed E-state index contributed by atoms with van der Waals surface area (Å²) in [4.78, 5) is 10.4. The molecule has 1 aliphatic carbocycles. The molecule has 3 rings (SSSR count). The van der Waals surface area contributed by atoms with E-state index in [2.05, 4.69) is 6.92 Å². The first-order valence-corrected chi connectivity index (χ1v) is 3.28. The summed E-state index contributed by atoms with van der Waals surface area (Å²) in [5.41, 5.74) is 0.00958. The van der Waals surface area contributed by atoms with Gasteiger partial charge in [0, 0.05) is 0 Å². The maximum Gasteiger partial charge on any atom is 0.151 e. The van der Waals surface area contributed by atoms with E-state index in [-0.39, 0.29) is 5.60 Å². The van der Waals surface area contributed by atoms with Gasteiger partial charge < -0.3 is 9.53 Å². The molecular weight excluding hydrogens is 116 g/mol. The number of hydrogen-bond acceptors (Lipinski definition) is 2. The largest absolute Gasteiger partial charge is 0.367 e. The second-order valence-electron chi connectivity index (χ2n) is 3.64. The molecule has 2 bridgehead atoms. The Hall–Kier alpha value is -0.370. The lowest BCUT2D eigenvalue weighted by Gasteiger charge is -2.38. The third-order valence-corrected chi connectivity index (χ3v) is 2.37. The van der Waals surface area contributed by atoms with Crippen molar-refractivity contribution in [1.82, 2.24) is 0 Å². The lowest BCUT2D eigenvalue weighted by molar-refractivity contribution is -0.128. The third kappa shape index (κ3) is 0.517. The molecule has 2 heteroatoms. The molecule has 2 nitrogen and oxygen atoms in total. The molecule has 2 heterocycles. The average Bonchev–Trinajstić information content (AvgIpc) is 2.20. The van der Waals surface area contributed by atoms with Gasteiger partial charge in [-0.2, -0.15) is 0 Å². The lowest BCUT2D eigenvalue weighted by atomic mass is 9.64. The van der Waals surface area contributed by atoms with Crippen molar-refractivity contribution in [3.8, 4) is 0 Å². The van der Waals surface area contributed by atoms with Gasteiger partial charge in [0.25, 0.3) is 0 Å². The predicted molar refractivity (Wildman–Crippen MR) is 32.1 cm³/mol. The second kappa shape index (κ2) is 1.21. The van der Waals surface area contributed by atoms with Crippen LogP contribution in [0.4, 0.5) is 0 Å². The van der Waals surface area contributed by atoms with Gasteiger partial charge in [-0.05, 0) is 18.3 Å². The highest BCUT2D eigenvalue weighted by atomic mass is 16.5. The average molecular weight is 126 g/mol. The minimum atomic E-state index is -0.339. The summed E-state index contributed by atoms with van der Waals surface area (Å²) in [6.45, 7) is 2.95. The van der Waals surface area contributed by atoms with Crippen molar-refractivity contribution in [3.63, 3.8) is 0 Å². The number of carbonyl (C=O) groups is 1. The normalized spacial score (nSPS) is 54.8. The molecule has 0 unspecified atom stereocenters. The fraction of sp³-hybridized carbons (Fsp3) is 0.857. The highest BCUT2D eigenvalue weighted by molar-refractivity contribution is 5.66. The molecule has 3 aliphatic rings. The molecule has 2 aliphatic heterocycles. The van der Waals surface area contributed by atoms with Crippen molar-refractivity contribution in [2.24, 2.45) is 5.41 Å². The number of fused-ring (bicyclic) bond motifs is 1. The van der Waals surface area contributed by atoms with Crippen molar-refractivity contribution in [1.29, 1.82) is 0 Å². The first kappa shape index (κ1) is 5.42. The van der Waals surface area contributed by atoms with Gasteiger partial charge in [0.2, 0.25) is 0 Å². The Labute approximate surface area is 54.2 Å². The van der Waals surface area contributed by atoms with Gasteiger partial charge in [0.15, 0.2) is 6.29 Å². The second-order valence-corrected chi connectivity index (χ2v) is 3.64. The molecule has 0 spiro atoms. The Morgan fingerprint density at radius 1 is 1.56 bits per heavy atom. The molecule has 50 valence electrons. The fourth-order valence-electron chi connectivity index (χ4n) is 2.03. The van der Waals surface area contributed by atoms with Crippen molar-refractivity contribution in [2.75, 3.05) is 6.61 Å². The van der Waals surface area contributed by atoms with Gasteiger partial charge >= 0.3 is 0 Å². The third-order valence-electron chi connectivity index (χ3n) is 2.37. The van der Waals surface area contributed by atoms with Crippen molar-refractivity contribution in [3.05, 3.63) is 0 Å². The van der Waals surface area contributed by atoms with Crippen molar-refractivity contribution >= 4 is 6.29 Å². The van der Waals surface area contributed by atoms with E-state index in [1.54, 1.807) is 0 Å². The van der Waals surface area contributed by atoms with Gasteiger partial charge in [-0.15, -0.1) is 0 Å². The van der Waals surface area contributed by atoms with Crippen LogP contribution in [-0.4, -0.2) is 18.5 Å². The minimum absolute atomic E-state index is 0.339. The summed E-state index contributed by atoms with van der Waals surface area (Å²) >= 11 is 0. The van der Waals surface area contributed by atoms with E-state index in [0.29, 0.717) is 5.41 Å². The molecule has 0 amide bonds. The molecule has 2 saturated heterocycles. The van der Waals surface area contributed by atoms with Crippen molar-refractivity contribution < 1.29 is 9.53 Å². The van der Waals surface area contributed by atoms with Gasteiger partial charge in [0.1, 0.15) is 5.60 Å². The molecule has 0 radical (unpaired) electrons. The quantitative estimate of drug-likeness (QED) is 0.485. The molecule has 0 N–H and O–H groups in total. The monoisotopic (exact) mass is 126 g/mol. The lowest BCUT2D eigenvalue weighted by Crippen LogP contribution is -2.43. The van der Waals surface area contributed by atoms with Crippen LogP contribution in [0.15, 0.2) is 0 Å². The zero-order valence-corrected chi connectivity index (χ0v) is 5.52. The first-order valence-electron chi connectivity index (χ1n) is 3.28. The van der Waals surface area contributed by atoms with Gasteiger partial charge in [-0.3, -0.25) is 0 Å². The summed E-state index contributed by atoms with van der Waals surface area (Å²) in [6.07, 6.45) is 2.86. The summed E-state index contributed by atoms with van der Waals surface area (Å²) in [5, 5.41) is 0. The van der Waals surface area contributed by atoms with Crippen molar-refractivity contribution in [2.45, 2.75) is 25.4 Å². The SMILES string of the molecule is CC12COC(C=O)(C1)C2. The molecule has 0 aromatic heterocycles. The highest BCUT2D eigenvalue weighted by Crippen LogP contribution is 2.56. The standard InChI is InChI=1S/C7H10O2/c1-6-2-7(3-6,4-8)9-5-6/h4H,2-3,5H2,1H3. The fourth-order valence-corrected chi connectivity index (χ4v) is 2.03. The minimum Gasteiger partial charge on any atom is -0.367 e. The molecule has 3 fully saturated rings. The summed E-state index contributed by atoms with van der Waals surface area (Å²) in [7, 11) is 0. The van der Waals surface area contributed by atoms with E-state index in [1.807, 2.05) is 0 Å². The Bertz CT molecular complexity index is 156. The van der Waals surface area contributed by atoms with Crippen LogP contribution < -0.4 is 0 Å². The smallest absolute Gasteiger partial charge is 0.151 e. The van der Waals surface area contributed by atoms with E-state index < -0.39 is 0 Å². The van der Waals surface area contributed by atoms with Crippen LogP contribution in [0, 0.1) is 5.41 Å². The number of ether oxygens (including phenoxy) is 1. The van der Waals surface area contributed by atoms with Crippen LogP contribution in [0.3, 0.4) is 0 Å². The van der Waals surface area contributed by atoms with Crippen LogP contribution >= 0.6 is 0 Å². The van der Waals surface area contributed by atoms with Crippen LogP contribution in [0.1, 0.15) is 19.8 Å². The predicted octanol–water partition coefficient (Wildman–Crippen LogP) is 0.754. The number of hydrogen-bond donors (Lipinski definition) is 0. The van der Waals surface area contributed by atoms with Crippen LogP contribution in [0.5, 0.6) is 0 Å². The van der Waals surface area contributed by atoms with Gasteiger partial charge in [-0.25, -0.2) is 0 Å². The molecule has 0 aromatic carbocycles. The summed E-state index contributed by atoms with van der Waals surface area (Å²) in [5.74, 6) is 0. The number of aldehydes is 1. The molecule has 0 aromatic rings. The zero-order valence-electron chi connectivity index (χ0n) is 5.52. The van der Waals surface area contributed by atoms with E-state index >= 15 is 0 Å². The Morgan fingerprint density at radius 3 is 2.44 bits per heavy atom. The van der Waals surface area contributed by atoms with E-state index in [0.717, 1.165) is 25.7 Å². The maximum atomic E-state index is 10.4. The topological polar surface area (TPSA) is 26.3 Å². The molecule has 9 heavy (non-hydrogen) atoms. The van der Waals surface area contributed by atoms with Gasteiger partial charge in [0.05, 0.1) is 6.61 Å². The number of carbonyl (C=O) groups excluding carboxylic acids is 1. The summed E-state index contributed by atoms with van der Waals surface area (Å²) in [6, 6.07) is 0. The highest BCUT2D eigenvalue weighted by Gasteiger charge is 2.59. The Morgan fingerprint density at radius 2 is 2.22 bits per heavy atom.